The van der Waals surface area contributed by atoms with Crippen LogP contribution in [-0.2, 0) is 16.0 Å². The Labute approximate surface area is 249 Å². The summed E-state index contributed by atoms with van der Waals surface area (Å²) in [6, 6.07) is 19.6. The number of aromatic nitrogens is 4. The number of carbonyl (C=O) groups excluding carboxylic acids is 3. The number of anilines is 1. The largest absolute Gasteiger partial charge is 0.366 e. The molecule has 11 heteroatoms. The van der Waals surface area contributed by atoms with Crippen LogP contribution in [0.25, 0.3) is 22.5 Å². The lowest BCUT2D eigenvalue weighted by atomic mass is 9.81. The molecule has 0 bridgehead atoms. The van der Waals surface area contributed by atoms with Gasteiger partial charge in [0.1, 0.15) is 6.04 Å². The number of H-pyrrole nitrogens is 1. The Kier molecular flexibility index (Phi) is 9.21. The second kappa shape index (κ2) is 13.4. The fraction of sp³-hybridized carbons (Fsp3) is 0.312. The number of rotatable bonds is 10. The molecule has 7 N–H and O–H groups in total. The lowest BCUT2D eigenvalue weighted by Crippen LogP contribution is -2.48. The number of benzene rings is 3. The quantitative estimate of drug-likeness (QED) is 0.190. The number of nitrogens with one attached hydrogen (secondary N) is 3. The highest BCUT2D eigenvalue weighted by molar-refractivity contribution is 5.98. The average molecular weight is 581 g/mol. The second-order valence-electron chi connectivity index (χ2n) is 11.1. The molecule has 1 saturated carbocycles. The molecule has 1 heterocycles. The van der Waals surface area contributed by atoms with E-state index in [2.05, 4.69) is 31.3 Å². The van der Waals surface area contributed by atoms with E-state index in [-0.39, 0.29) is 17.7 Å². The van der Waals surface area contributed by atoms with Gasteiger partial charge in [-0.15, -0.1) is 10.2 Å². The Bertz CT molecular complexity index is 1560. The van der Waals surface area contributed by atoms with Crippen LogP contribution in [-0.4, -0.2) is 50.9 Å². The van der Waals surface area contributed by atoms with Crippen molar-refractivity contribution in [3.05, 3.63) is 83.4 Å². The van der Waals surface area contributed by atoms with E-state index in [0.717, 1.165) is 53.5 Å². The first-order valence-electron chi connectivity index (χ1n) is 14.5. The standard InChI is InChI=1S/C32H36N8O3/c1-19-16-25(29(34)41)12-15-27(19)22-6-2-20(3-7-22)17-28(36-31(42)24-8-4-21(18-33)5-9-24)32(43)35-26-13-10-23(11-14-26)30-37-39-40-38-30/h2-3,6-7,10-16,21,24,28H,4-5,8-9,17-18,33H2,1H3,(H2,34,41)(H,35,43)(H,36,42)(H,37,38,39,40)/t21?,24?,28-/m0/s1. The Morgan fingerprint density at radius 2 is 1.65 bits per heavy atom. The van der Waals surface area contributed by atoms with Crippen molar-refractivity contribution in [1.82, 2.24) is 25.9 Å². The average Bonchev–Trinajstić information content (AvgIpc) is 3.57. The third-order valence-electron chi connectivity index (χ3n) is 8.16. The molecule has 0 unspecified atom stereocenters. The molecule has 4 aromatic rings. The Hall–Kier alpha value is -4.90. The maximum absolute atomic E-state index is 13.5. The van der Waals surface area contributed by atoms with Crippen molar-refractivity contribution < 1.29 is 14.4 Å². The van der Waals surface area contributed by atoms with Crippen molar-refractivity contribution in [2.45, 2.75) is 45.1 Å². The third kappa shape index (κ3) is 7.31. The minimum absolute atomic E-state index is 0.107. The number of amides is 3. The highest BCUT2D eigenvalue weighted by Crippen LogP contribution is 2.29. The molecule has 5 rings (SSSR count). The van der Waals surface area contributed by atoms with Crippen LogP contribution >= 0.6 is 0 Å². The first-order chi connectivity index (χ1) is 20.8. The smallest absolute Gasteiger partial charge is 0.248 e. The molecular formula is C32H36N8O3. The van der Waals surface area contributed by atoms with Gasteiger partial charge in [0, 0.05) is 29.2 Å². The maximum atomic E-state index is 13.5. The van der Waals surface area contributed by atoms with Gasteiger partial charge in [0.2, 0.25) is 23.5 Å². The van der Waals surface area contributed by atoms with E-state index < -0.39 is 11.9 Å². The summed E-state index contributed by atoms with van der Waals surface area (Å²) in [6.45, 7) is 2.57. The summed E-state index contributed by atoms with van der Waals surface area (Å²) in [7, 11) is 0. The number of primary amides is 1. The molecular weight excluding hydrogens is 544 g/mol. The number of carbonyl (C=O) groups is 3. The Balaban J connectivity index is 1.31. The fourth-order valence-corrected chi connectivity index (χ4v) is 5.57. The number of hydrogen-bond donors (Lipinski definition) is 5. The number of tetrazole rings is 1. The summed E-state index contributed by atoms with van der Waals surface area (Å²) in [5.41, 5.74) is 16.8. The Morgan fingerprint density at radius 1 is 0.953 bits per heavy atom. The van der Waals surface area contributed by atoms with Crippen molar-refractivity contribution >= 4 is 23.4 Å². The van der Waals surface area contributed by atoms with Gasteiger partial charge in [-0.2, -0.15) is 5.21 Å². The molecule has 0 spiro atoms. The topological polar surface area (TPSA) is 182 Å². The van der Waals surface area contributed by atoms with Gasteiger partial charge in [0.25, 0.3) is 0 Å². The van der Waals surface area contributed by atoms with E-state index in [9.17, 15) is 14.4 Å². The van der Waals surface area contributed by atoms with Gasteiger partial charge in [-0.3, -0.25) is 14.4 Å². The van der Waals surface area contributed by atoms with E-state index in [4.69, 9.17) is 11.5 Å². The summed E-state index contributed by atoms with van der Waals surface area (Å²) >= 11 is 0. The highest BCUT2D eigenvalue weighted by Gasteiger charge is 2.29. The van der Waals surface area contributed by atoms with Crippen LogP contribution in [0.1, 0.15) is 47.2 Å². The maximum Gasteiger partial charge on any atom is 0.248 e. The van der Waals surface area contributed by atoms with Gasteiger partial charge in [-0.25, -0.2) is 0 Å². The lowest BCUT2D eigenvalue weighted by Gasteiger charge is -2.28. The van der Waals surface area contributed by atoms with Crippen LogP contribution in [0.15, 0.2) is 66.7 Å². The van der Waals surface area contributed by atoms with Crippen LogP contribution in [0.4, 0.5) is 5.69 Å². The van der Waals surface area contributed by atoms with Gasteiger partial charge in [0.15, 0.2) is 0 Å². The van der Waals surface area contributed by atoms with Crippen LogP contribution in [0.5, 0.6) is 0 Å². The summed E-state index contributed by atoms with van der Waals surface area (Å²) in [6.07, 6.45) is 3.68. The minimum Gasteiger partial charge on any atom is -0.366 e. The molecule has 3 aromatic carbocycles. The zero-order valence-corrected chi connectivity index (χ0v) is 24.0. The second-order valence-corrected chi connectivity index (χ2v) is 11.1. The van der Waals surface area contributed by atoms with E-state index >= 15 is 0 Å². The lowest BCUT2D eigenvalue weighted by molar-refractivity contribution is -0.130. The zero-order chi connectivity index (χ0) is 30.3. The molecule has 1 aliphatic rings. The SMILES string of the molecule is Cc1cc(C(N)=O)ccc1-c1ccc(C[C@H](NC(=O)C2CCC(CN)CC2)C(=O)Nc2ccc(-c3nn[nH]n3)cc2)cc1. The molecule has 43 heavy (non-hydrogen) atoms. The molecule has 0 saturated heterocycles. The van der Waals surface area contributed by atoms with Gasteiger partial charge < -0.3 is 22.1 Å². The molecule has 3 amide bonds. The van der Waals surface area contributed by atoms with Crippen LogP contribution in [0, 0.1) is 18.8 Å². The van der Waals surface area contributed by atoms with Gasteiger partial charge in [-0.05, 0) is 109 Å². The van der Waals surface area contributed by atoms with E-state index in [1.54, 1.807) is 36.4 Å². The van der Waals surface area contributed by atoms with Crippen LogP contribution in [0.2, 0.25) is 0 Å². The number of hydrogen-bond acceptors (Lipinski definition) is 7. The number of nitrogens with zero attached hydrogens (tertiary/aromatic N) is 3. The first kappa shape index (κ1) is 29.6. The van der Waals surface area contributed by atoms with E-state index in [0.29, 0.717) is 36.0 Å². The minimum atomic E-state index is -0.779. The van der Waals surface area contributed by atoms with Crippen molar-refractivity contribution in [3.63, 3.8) is 0 Å². The zero-order valence-electron chi connectivity index (χ0n) is 24.0. The third-order valence-corrected chi connectivity index (χ3v) is 8.16. The molecule has 11 nitrogen and oxygen atoms in total. The van der Waals surface area contributed by atoms with Crippen LogP contribution in [0.3, 0.4) is 0 Å². The summed E-state index contributed by atoms with van der Waals surface area (Å²) < 4.78 is 0. The Morgan fingerprint density at radius 3 is 2.26 bits per heavy atom. The van der Waals surface area contributed by atoms with Crippen molar-refractivity contribution in [2.75, 3.05) is 11.9 Å². The summed E-state index contributed by atoms with van der Waals surface area (Å²) in [5.74, 6) is -0.113. The monoisotopic (exact) mass is 580 g/mol. The molecule has 0 radical (unpaired) electrons. The number of nitrogens with two attached hydrogens (primary N) is 2. The molecule has 0 aliphatic heterocycles. The molecule has 1 atom stereocenters. The predicted molar refractivity (Wildman–Crippen MR) is 164 cm³/mol. The molecule has 1 aromatic heterocycles. The van der Waals surface area contributed by atoms with Crippen molar-refractivity contribution in [1.29, 1.82) is 0 Å². The number of aryl methyl sites for hydroxylation is 1. The van der Waals surface area contributed by atoms with Gasteiger partial charge >= 0.3 is 0 Å². The molecule has 1 aliphatic carbocycles. The highest BCUT2D eigenvalue weighted by atomic mass is 16.2. The van der Waals surface area contributed by atoms with Gasteiger partial charge in [-0.1, -0.05) is 30.3 Å². The van der Waals surface area contributed by atoms with E-state index in [1.807, 2.05) is 37.3 Å². The normalized spacial score (nSPS) is 17.2. The van der Waals surface area contributed by atoms with Gasteiger partial charge in [0.05, 0.1) is 0 Å². The summed E-state index contributed by atoms with van der Waals surface area (Å²) in [4.78, 5) is 38.4. The van der Waals surface area contributed by atoms with Crippen molar-refractivity contribution in [3.8, 4) is 22.5 Å². The molecule has 1 fully saturated rings. The van der Waals surface area contributed by atoms with E-state index in [1.165, 1.54) is 0 Å². The predicted octanol–water partition coefficient (Wildman–Crippen LogP) is 3.37. The number of aromatic amines is 1. The summed E-state index contributed by atoms with van der Waals surface area (Å²) in [5, 5.41) is 19.9. The van der Waals surface area contributed by atoms with Crippen LogP contribution < -0.4 is 22.1 Å². The molecule has 222 valence electrons. The first-order valence-corrected chi connectivity index (χ1v) is 14.5. The fourth-order valence-electron chi connectivity index (χ4n) is 5.57. The van der Waals surface area contributed by atoms with Crippen molar-refractivity contribution in [2.24, 2.45) is 23.3 Å².